The lowest BCUT2D eigenvalue weighted by atomic mass is 9.81. The van der Waals surface area contributed by atoms with Crippen molar-refractivity contribution in [3.05, 3.63) is 29.8 Å². The van der Waals surface area contributed by atoms with Gasteiger partial charge in [0, 0.05) is 25.6 Å². The highest BCUT2D eigenvalue weighted by molar-refractivity contribution is 5.92. The Balaban J connectivity index is 2.28. The summed E-state index contributed by atoms with van der Waals surface area (Å²) in [5, 5.41) is 12.3. The van der Waals surface area contributed by atoms with Crippen molar-refractivity contribution < 1.29 is 29.1 Å². The molecule has 2 heterocycles. The molecule has 0 radical (unpaired) electrons. The average molecular weight is 477 g/mol. The standard InChI is InChI=1S/C26H40N2O6/c1-4-13-33-14-6-8-24(29)23-17-19-9-11-20(12-10-19)34-15-5-7-21(26(31)28-32)22(16-18(2)3)25(30)27-23/h9-12,18,21-23,32H,4-8,13-17H2,1-3H3,(H,27,30)(H,28,31)/t21-,22+,23-/m0/s1. The number of nitrogens with one attached hydrogen (secondary N) is 2. The van der Waals surface area contributed by atoms with E-state index in [-0.39, 0.29) is 17.6 Å². The molecular weight excluding hydrogens is 436 g/mol. The predicted molar refractivity (Wildman–Crippen MR) is 129 cm³/mol. The summed E-state index contributed by atoms with van der Waals surface area (Å²) in [6.45, 7) is 7.55. The monoisotopic (exact) mass is 476 g/mol. The summed E-state index contributed by atoms with van der Waals surface area (Å²) in [7, 11) is 0. The molecule has 1 aromatic rings. The third kappa shape index (κ3) is 9.06. The molecule has 3 N–H and O–H groups in total. The van der Waals surface area contributed by atoms with Crippen LogP contribution in [0, 0.1) is 17.8 Å². The zero-order valence-corrected chi connectivity index (χ0v) is 20.7. The fraction of sp³-hybridized carbons (Fsp3) is 0.654. The Kier molecular flexibility index (Phi) is 12.0. The molecule has 3 rings (SSSR count). The van der Waals surface area contributed by atoms with Crippen LogP contribution in [0.4, 0.5) is 0 Å². The third-order valence-electron chi connectivity index (χ3n) is 6.05. The van der Waals surface area contributed by atoms with Crippen LogP contribution in [-0.2, 0) is 25.5 Å². The first-order valence-electron chi connectivity index (χ1n) is 12.4. The van der Waals surface area contributed by atoms with Crippen molar-refractivity contribution in [2.45, 2.75) is 71.8 Å². The van der Waals surface area contributed by atoms with Crippen LogP contribution < -0.4 is 15.5 Å². The van der Waals surface area contributed by atoms with Crippen LogP contribution in [0.15, 0.2) is 24.3 Å². The molecule has 2 amide bonds. The van der Waals surface area contributed by atoms with E-state index in [2.05, 4.69) is 5.32 Å². The molecule has 0 spiro atoms. The van der Waals surface area contributed by atoms with Crippen molar-refractivity contribution in [1.29, 1.82) is 0 Å². The molecule has 0 saturated carbocycles. The maximum atomic E-state index is 13.5. The van der Waals surface area contributed by atoms with E-state index < -0.39 is 23.8 Å². The van der Waals surface area contributed by atoms with E-state index in [4.69, 9.17) is 9.47 Å². The number of carbonyl (C=O) groups excluding carboxylic acids is 3. The van der Waals surface area contributed by atoms with Crippen LogP contribution in [0.3, 0.4) is 0 Å². The second-order valence-corrected chi connectivity index (χ2v) is 9.40. The molecule has 0 aliphatic carbocycles. The van der Waals surface area contributed by atoms with E-state index in [1.54, 1.807) is 5.48 Å². The van der Waals surface area contributed by atoms with Crippen molar-refractivity contribution in [3.8, 4) is 5.75 Å². The summed E-state index contributed by atoms with van der Waals surface area (Å²) in [4.78, 5) is 39.1. The molecule has 8 nitrogen and oxygen atoms in total. The number of hydrogen-bond acceptors (Lipinski definition) is 6. The SMILES string of the molecule is CCCOCCCC(=O)[C@@H]1Cc2ccc(cc2)OCCC[C@H](C(=O)NO)[C@@H](CC(C)C)C(=O)N1. The number of rotatable bonds is 10. The van der Waals surface area contributed by atoms with Crippen molar-refractivity contribution >= 4 is 17.6 Å². The molecule has 2 aliphatic rings. The van der Waals surface area contributed by atoms with Gasteiger partial charge in [-0.05, 0) is 62.1 Å². The quantitative estimate of drug-likeness (QED) is 0.271. The second kappa shape index (κ2) is 14.7. The molecule has 34 heavy (non-hydrogen) atoms. The number of hydroxylamine groups is 1. The van der Waals surface area contributed by atoms with E-state index >= 15 is 0 Å². The molecule has 8 heteroatoms. The van der Waals surface area contributed by atoms with Gasteiger partial charge in [0.2, 0.25) is 11.8 Å². The first kappa shape index (κ1) is 27.8. The molecule has 0 unspecified atom stereocenters. The highest BCUT2D eigenvalue weighted by atomic mass is 16.5. The Morgan fingerprint density at radius 2 is 1.97 bits per heavy atom. The zero-order chi connectivity index (χ0) is 24.9. The van der Waals surface area contributed by atoms with E-state index in [1.165, 1.54) is 0 Å². The minimum atomic E-state index is -0.724. The minimum Gasteiger partial charge on any atom is -0.494 e. The summed E-state index contributed by atoms with van der Waals surface area (Å²) in [6, 6.07) is 6.81. The van der Waals surface area contributed by atoms with Gasteiger partial charge in [0.15, 0.2) is 5.78 Å². The van der Waals surface area contributed by atoms with Gasteiger partial charge in [0.05, 0.1) is 18.6 Å². The smallest absolute Gasteiger partial charge is 0.247 e. The number of carbonyl (C=O) groups is 3. The molecule has 3 atom stereocenters. The van der Waals surface area contributed by atoms with Crippen LogP contribution in [0.5, 0.6) is 5.75 Å². The number of amides is 2. The van der Waals surface area contributed by atoms with Gasteiger partial charge in [-0.1, -0.05) is 32.9 Å². The summed E-state index contributed by atoms with van der Waals surface area (Å²) < 4.78 is 11.3. The second-order valence-electron chi connectivity index (χ2n) is 9.40. The predicted octanol–water partition coefficient (Wildman–Crippen LogP) is 3.45. The number of Topliss-reactive ketones (excluding diaryl/α,β-unsaturated/α-hetero) is 1. The highest BCUT2D eigenvalue weighted by Gasteiger charge is 2.35. The summed E-state index contributed by atoms with van der Waals surface area (Å²) in [5.74, 6) is -1.52. The molecule has 0 saturated heterocycles. The number of benzene rings is 1. The van der Waals surface area contributed by atoms with Gasteiger partial charge in [-0.3, -0.25) is 19.6 Å². The maximum absolute atomic E-state index is 13.5. The summed E-state index contributed by atoms with van der Waals surface area (Å²) >= 11 is 0. The van der Waals surface area contributed by atoms with E-state index in [9.17, 15) is 19.6 Å². The van der Waals surface area contributed by atoms with Crippen LogP contribution >= 0.6 is 0 Å². The first-order chi connectivity index (χ1) is 16.3. The Labute approximate surface area is 202 Å². The van der Waals surface area contributed by atoms with Crippen LogP contribution in [0.1, 0.15) is 64.9 Å². The number of ketones is 1. The third-order valence-corrected chi connectivity index (χ3v) is 6.05. The fourth-order valence-electron chi connectivity index (χ4n) is 4.30. The molecule has 0 fully saturated rings. The fourth-order valence-corrected chi connectivity index (χ4v) is 4.30. The van der Waals surface area contributed by atoms with Gasteiger partial charge < -0.3 is 14.8 Å². The zero-order valence-electron chi connectivity index (χ0n) is 20.7. The van der Waals surface area contributed by atoms with E-state index in [1.807, 2.05) is 45.0 Å². The largest absolute Gasteiger partial charge is 0.494 e. The Morgan fingerprint density at radius 3 is 2.62 bits per heavy atom. The van der Waals surface area contributed by atoms with Crippen molar-refractivity contribution in [3.63, 3.8) is 0 Å². The number of hydrogen-bond donors (Lipinski definition) is 3. The van der Waals surface area contributed by atoms with Crippen molar-refractivity contribution in [2.24, 2.45) is 17.8 Å². The summed E-state index contributed by atoms with van der Waals surface area (Å²) in [6.07, 6.45) is 3.54. The van der Waals surface area contributed by atoms with E-state index in [0.717, 1.165) is 12.0 Å². The normalized spacial score (nSPS) is 21.4. The van der Waals surface area contributed by atoms with Crippen molar-refractivity contribution in [1.82, 2.24) is 10.8 Å². The van der Waals surface area contributed by atoms with Gasteiger partial charge >= 0.3 is 0 Å². The van der Waals surface area contributed by atoms with Gasteiger partial charge in [-0.2, -0.15) is 0 Å². The topological polar surface area (TPSA) is 114 Å². The van der Waals surface area contributed by atoms with Crippen LogP contribution in [-0.4, -0.2) is 48.7 Å². The Morgan fingerprint density at radius 1 is 1.24 bits per heavy atom. The lowest BCUT2D eigenvalue weighted by molar-refractivity contribution is -0.142. The lowest BCUT2D eigenvalue weighted by Gasteiger charge is -2.29. The van der Waals surface area contributed by atoms with Gasteiger partial charge in [0.25, 0.3) is 0 Å². The van der Waals surface area contributed by atoms with Gasteiger partial charge in [-0.25, -0.2) is 5.48 Å². The Hall–Kier alpha value is -2.45. The molecule has 1 aromatic carbocycles. The van der Waals surface area contributed by atoms with E-state index in [0.29, 0.717) is 64.1 Å². The van der Waals surface area contributed by atoms with Crippen molar-refractivity contribution in [2.75, 3.05) is 19.8 Å². The minimum absolute atomic E-state index is 0.0627. The van der Waals surface area contributed by atoms with Crippen LogP contribution in [0.2, 0.25) is 0 Å². The molecule has 0 aromatic heterocycles. The van der Waals surface area contributed by atoms with Crippen LogP contribution in [0.25, 0.3) is 0 Å². The lowest BCUT2D eigenvalue weighted by Crippen LogP contribution is -2.49. The average Bonchev–Trinajstić information content (AvgIpc) is 2.82. The molecule has 2 bridgehead atoms. The first-order valence-corrected chi connectivity index (χ1v) is 12.4. The molecule has 2 aliphatic heterocycles. The molecule has 190 valence electrons. The summed E-state index contributed by atoms with van der Waals surface area (Å²) in [5.41, 5.74) is 2.64. The van der Waals surface area contributed by atoms with Gasteiger partial charge in [-0.15, -0.1) is 0 Å². The van der Waals surface area contributed by atoms with Gasteiger partial charge in [0.1, 0.15) is 5.75 Å². The highest BCUT2D eigenvalue weighted by Crippen LogP contribution is 2.27. The molecular formula is C26H40N2O6. The number of fused-ring (bicyclic) bond motifs is 11. The Bertz CT molecular complexity index is 780. The number of ether oxygens (including phenoxy) is 2. The maximum Gasteiger partial charge on any atom is 0.247 e.